The highest BCUT2D eigenvalue weighted by molar-refractivity contribution is 7.80. The van der Waals surface area contributed by atoms with E-state index in [1.807, 2.05) is 18.2 Å². The summed E-state index contributed by atoms with van der Waals surface area (Å²) in [7, 11) is 0. The highest BCUT2D eigenvalue weighted by atomic mass is 32.1. The van der Waals surface area contributed by atoms with E-state index >= 15 is 0 Å². The van der Waals surface area contributed by atoms with Gasteiger partial charge in [0.25, 0.3) is 0 Å². The Morgan fingerprint density at radius 3 is 2.17 bits per heavy atom. The summed E-state index contributed by atoms with van der Waals surface area (Å²) in [5.74, 6) is 0.686. The standard InChI is InChI=1S/C20H26N2S/c1-15(2)13-17-9-11-19(12-10-17)16(3)22-20(23)21-14-18-7-5-4-6-8-18/h4-12,15-16H,13-14H2,1-3H3,(H2,21,22,23)/t16-/m1/s1. The van der Waals surface area contributed by atoms with Crippen LogP contribution in [0.5, 0.6) is 0 Å². The van der Waals surface area contributed by atoms with Crippen LogP contribution in [0.3, 0.4) is 0 Å². The van der Waals surface area contributed by atoms with Crippen molar-refractivity contribution >= 4 is 17.3 Å². The van der Waals surface area contributed by atoms with Crippen molar-refractivity contribution in [3.63, 3.8) is 0 Å². The minimum atomic E-state index is 0.193. The van der Waals surface area contributed by atoms with Crippen LogP contribution in [0, 0.1) is 5.92 Å². The summed E-state index contributed by atoms with van der Waals surface area (Å²) in [6.07, 6.45) is 1.12. The molecule has 0 spiro atoms. The smallest absolute Gasteiger partial charge is 0.167 e. The van der Waals surface area contributed by atoms with Crippen LogP contribution >= 0.6 is 12.2 Å². The highest BCUT2D eigenvalue weighted by Crippen LogP contribution is 2.15. The third-order valence-corrected chi connectivity index (χ3v) is 4.03. The molecule has 0 bridgehead atoms. The van der Waals surface area contributed by atoms with E-state index in [1.165, 1.54) is 16.7 Å². The van der Waals surface area contributed by atoms with E-state index in [-0.39, 0.29) is 6.04 Å². The average molecular weight is 327 g/mol. The summed E-state index contributed by atoms with van der Waals surface area (Å²) in [5.41, 5.74) is 3.87. The lowest BCUT2D eigenvalue weighted by atomic mass is 10.00. The molecule has 0 saturated heterocycles. The number of benzene rings is 2. The van der Waals surface area contributed by atoms with Crippen molar-refractivity contribution in [2.75, 3.05) is 0 Å². The fraction of sp³-hybridized carbons (Fsp3) is 0.350. The summed E-state index contributed by atoms with van der Waals surface area (Å²) >= 11 is 5.39. The Morgan fingerprint density at radius 1 is 0.913 bits per heavy atom. The molecule has 0 amide bonds. The minimum Gasteiger partial charge on any atom is -0.359 e. The van der Waals surface area contributed by atoms with Gasteiger partial charge in [-0.3, -0.25) is 0 Å². The third-order valence-electron chi connectivity index (χ3n) is 3.77. The quantitative estimate of drug-likeness (QED) is 0.758. The summed E-state index contributed by atoms with van der Waals surface area (Å²) in [4.78, 5) is 0. The molecule has 0 saturated carbocycles. The molecule has 2 aromatic rings. The molecule has 0 heterocycles. The zero-order valence-electron chi connectivity index (χ0n) is 14.2. The monoisotopic (exact) mass is 326 g/mol. The van der Waals surface area contributed by atoms with Crippen LogP contribution in [-0.4, -0.2) is 5.11 Å². The fourth-order valence-corrected chi connectivity index (χ4v) is 2.77. The van der Waals surface area contributed by atoms with E-state index in [9.17, 15) is 0 Å². The third kappa shape index (κ3) is 6.03. The van der Waals surface area contributed by atoms with E-state index in [0.29, 0.717) is 11.0 Å². The van der Waals surface area contributed by atoms with Gasteiger partial charge in [-0.1, -0.05) is 68.4 Å². The second kappa shape index (κ2) is 8.68. The maximum atomic E-state index is 5.39. The van der Waals surface area contributed by atoms with E-state index in [4.69, 9.17) is 12.2 Å². The Morgan fingerprint density at radius 2 is 1.57 bits per heavy atom. The van der Waals surface area contributed by atoms with Crippen LogP contribution < -0.4 is 10.6 Å². The lowest BCUT2D eigenvalue weighted by molar-refractivity contribution is 0.646. The zero-order valence-corrected chi connectivity index (χ0v) is 15.0. The lowest BCUT2D eigenvalue weighted by Gasteiger charge is -2.18. The number of rotatable bonds is 6. The molecule has 0 aromatic heterocycles. The first-order valence-electron chi connectivity index (χ1n) is 8.21. The first-order chi connectivity index (χ1) is 11.0. The average Bonchev–Trinajstić information content (AvgIpc) is 2.54. The van der Waals surface area contributed by atoms with Gasteiger partial charge in [0.05, 0.1) is 6.04 Å². The molecular weight excluding hydrogens is 300 g/mol. The van der Waals surface area contributed by atoms with E-state index in [2.05, 4.69) is 67.8 Å². The number of thiocarbonyl (C=S) groups is 1. The van der Waals surface area contributed by atoms with Crippen molar-refractivity contribution < 1.29 is 0 Å². The van der Waals surface area contributed by atoms with Gasteiger partial charge in [0, 0.05) is 6.54 Å². The van der Waals surface area contributed by atoms with E-state index in [1.54, 1.807) is 0 Å². The van der Waals surface area contributed by atoms with Crippen LogP contribution in [-0.2, 0) is 13.0 Å². The molecule has 0 fully saturated rings. The molecule has 122 valence electrons. The minimum absolute atomic E-state index is 0.193. The van der Waals surface area contributed by atoms with E-state index in [0.717, 1.165) is 13.0 Å². The van der Waals surface area contributed by atoms with Crippen molar-refractivity contribution in [3.8, 4) is 0 Å². The number of hydrogen-bond donors (Lipinski definition) is 2. The zero-order chi connectivity index (χ0) is 16.7. The van der Waals surface area contributed by atoms with Gasteiger partial charge in [-0.15, -0.1) is 0 Å². The molecule has 0 radical (unpaired) electrons. The van der Waals surface area contributed by atoms with Crippen molar-refractivity contribution in [3.05, 3.63) is 71.3 Å². The van der Waals surface area contributed by atoms with Gasteiger partial charge in [0.1, 0.15) is 0 Å². The Bertz CT molecular complexity index is 605. The van der Waals surface area contributed by atoms with Gasteiger partial charge in [0.15, 0.2) is 5.11 Å². The molecule has 1 atom stereocenters. The van der Waals surface area contributed by atoms with Crippen LogP contribution in [0.15, 0.2) is 54.6 Å². The maximum Gasteiger partial charge on any atom is 0.167 e. The highest BCUT2D eigenvalue weighted by Gasteiger charge is 2.07. The summed E-state index contributed by atoms with van der Waals surface area (Å²) in [5, 5.41) is 7.29. The van der Waals surface area contributed by atoms with Gasteiger partial charge in [-0.2, -0.15) is 0 Å². The van der Waals surface area contributed by atoms with Crippen LogP contribution in [0.1, 0.15) is 43.5 Å². The predicted molar refractivity (Wildman–Crippen MR) is 102 cm³/mol. The van der Waals surface area contributed by atoms with Crippen molar-refractivity contribution in [1.29, 1.82) is 0 Å². The Balaban J connectivity index is 1.83. The maximum absolute atomic E-state index is 5.39. The SMILES string of the molecule is CC(C)Cc1ccc([C@@H](C)NC(=S)NCc2ccccc2)cc1. The lowest BCUT2D eigenvalue weighted by Crippen LogP contribution is -2.36. The molecule has 0 aliphatic heterocycles. The van der Waals surface area contributed by atoms with Gasteiger partial charge in [0.2, 0.25) is 0 Å². The van der Waals surface area contributed by atoms with Crippen LogP contribution in [0.2, 0.25) is 0 Å². The molecule has 3 heteroatoms. The fourth-order valence-electron chi connectivity index (χ4n) is 2.52. The molecule has 2 rings (SSSR count). The largest absolute Gasteiger partial charge is 0.359 e. The number of hydrogen-bond acceptors (Lipinski definition) is 1. The van der Waals surface area contributed by atoms with Crippen molar-refractivity contribution in [2.24, 2.45) is 5.92 Å². The van der Waals surface area contributed by atoms with Crippen LogP contribution in [0.25, 0.3) is 0 Å². The molecule has 0 aliphatic rings. The predicted octanol–water partition coefficient (Wildman–Crippen LogP) is 4.61. The van der Waals surface area contributed by atoms with Crippen LogP contribution in [0.4, 0.5) is 0 Å². The second-order valence-electron chi connectivity index (χ2n) is 6.37. The molecule has 23 heavy (non-hydrogen) atoms. The second-order valence-corrected chi connectivity index (χ2v) is 6.78. The van der Waals surface area contributed by atoms with Gasteiger partial charge in [-0.25, -0.2) is 0 Å². The Labute approximate surface area is 145 Å². The van der Waals surface area contributed by atoms with Gasteiger partial charge < -0.3 is 10.6 Å². The first kappa shape index (κ1) is 17.5. The Kier molecular flexibility index (Phi) is 6.60. The molecule has 2 aromatic carbocycles. The topological polar surface area (TPSA) is 24.1 Å². The van der Waals surface area contributed by atoms with Gasteiger partial charge >= 0.3 is 0 Å². The number of nitrogens with one attached hydrogen (secondary N) is 2. The molecule has 0 unspecified atom stereocenters. The molecule has 2 nitrogen and oxygen atoms in total. The first-order valence-corrected chi connectivity index (χ1v) is 8.62. The summed E-state index contributed by atoms with van der Waals surface area (Å²) < 4.78 is 0. The van der Waals surface area contributed by atoms with Crippen molar-refractivity contribution in [1.82, 2.24) is 10.6 Å². The van der Waals surface area contributed by atoms with Crippen molar-refractivity contribution in [2.45, 2.75) is 39.8 Å². The van der Waals surface area contributed by atoms with Gasteiger partial charge in [-0.05, 0) is 48.2 Å². The molecule has 0 aliphatic carbocycles. The summed E-state index contributed by atoms with van der Waals surface area (Å²) in [6, 6.07) is 19.3. The summed E-state index contributed by atoms with van der Waals surface area (Å²) in [6.45, 7) is 7.37. The normalized spacial score (nSPS) is 12.0. The molecular formula is C20H26N2S. The molecule has 2 N–H and O–H groups in total. The van der Waals surface area contributed by atoms with E-state index < -0.39 is 0 Å². The Hall–Kier alpha value is -1.87.